The summed E-state index contributed by atoms with van der Waals surface area (Å²) in [5.74, 6) is -2.83. The summed E-state index contributed by atoms with van der Waals surface area (Å²) in [6, 6.07) is 2.94. The maximum absolute atomic E-state index is 14.5. The number of hydrogen-bond acceptors (Lipinski definition) is 5. The van der Waals surface area contributed by atoms with Crippen molar-refractivity contribution in [2.45, 2.75) is 30.7 Å². The van der Waals surface area contributed by atoms with E-state index in [2.05, 4.69) is 14.7 Å². The lowest BCUT2D eigenvalue weighted by atomic mass is 9.83. The van der Waals surface area contributed by atoms with Crippen LogP contribution >= 0.6 is 11.6 Å². The topological polar surface area (TPSA) is 77.6 Å². The fraction of sp³-hybridized carbons (Fsp3) is 0.316. The highest BCUT2D eigenvalue weighted by Gasteiger charge is 2.52. The van der Waals surface area contributed by atoms with E-state index in [-0.39, 0.29) is 10.6 Å². The lowest BCUT2D eigenvalue weighted by molar-refractivity contribution is -0.209. The molecule has 166 valence electrons. The van der Waals surface area contributed by atoms with Crippen molar-refractivity contribution < 1.29 is 35.9 Å². The first-order valence-corrected chi connectivity index (χ1v) is 9.11. The molecule has 3 rings (SSSR count). The molecule has 2 heterocycles. The van der Waals surface area contributed by atoms with Crippen molar-refractivity contribution in [3.63, 3.8) is 0 Å². The Morgan fingerprint density at radius 1 is 1.26 bits per heavy atom. The maximum Gasteiger partial charge on any atom is 0.425 e. The van der Waals surface area contributed by atoms with Crippen molar-refractivity contribution in [3.8, 4) is 0 Å². The number of nitrogens with two attached hydrogens (primary N) is 1. The number of rotatable bonds is 5. The van der Waals surface area contributed by atoms with Gasteiger partial charge in [-0.25, -0.2) is 23.1 Å². The predicted octanol–water partition coefficient (Wildman–Crippen LogP) is 4.27. The fourth-order valence-electron chi connectivity index (χ4n) is 3.21. The average Bonchev–Trinajstić information content (AvgIpc) is 2.68. The average molecular weight is 466 g/mol. The van der Waals surface area contributed by atoms with E-state index < -0.39 is 72.0 Å². The quantitative estimate of drug-likeness (QED) is 0.528. The van der Waals surface area contributed by atoms with Gasteiger partial charge in [-0.2, -0.15) is 13.2 Å². The number of hydrogen-bond donors (Lipinski definition) is 1. The Labute approximate surface area is 176 Å². The van der Waals surface area contributed by atoms with Crippen LogP contribution < -0.4 is 5.73 Å². The monoisotopic (exact) mass is 465 g/mol. The number of nitrogens with zero attached hydrogens (tertiary/aromatic N) is 2. The minimum Gasteiger partial charge on any atom is -0.452 e. The highest BCUT2D eigenvalue weighted by atomic mass is 35.5. The zero-order valence-corrected chi connectivity index (χ0v) is 16.3. The first-order valence-electron chi connectivity index (χ1n) is 8.73. The molecule has 0 saturated carbocycles. The van der Waals surface area contributed by atoms with Gasteiger partial charge < -0.3 is 10.5 Å². The molecule has 5 nitrogen and oxygen atoms in total. The lowest BCUT2D eigenvalue weighted by Crippen LogP contribution is -2.48. The Kier molecular flexibility index (Phi) is 6.17. The summed E-state index contributed by atoms with van der Waals surface area (Å²) in [4.78, 5) is 19.6. The molecular formula is C19H14ClF6N3O2. The standard InChI is InChI=1S/C19H14ClF6N3O2/c20-10-5-13(23)16(28-7-10)14(30)4-9-1-2-12(22)11(3-9)18(8-21)6-15(19(24,25)26)31-17(27)29-18/h1-3,5,7,15H,4,6,8H2,(H2,27,29)/t15-,18+/m0/s1. The van der Waals surface area contributed by atoms with Gasteiger partial charge in [-0.05, 0) is 23.8 Å². The van der Waals surface area contributed by atoms with E-state index in [0.29, 0.717) is 0 Å². The molecule has 1 aromatic carbocycles. The maximum atomic E-state index is 14.5. The molecule has 0 fully saturated rings. The smallest absolute Gasteiger partial charge is 0.425 e. The van der Waals surface area contributed by atoms with Gasteiger partial charge in [-0.1, -0.05) is 17.7 Å². The Balaban J connectivity index is 1.98. The van der Waals surface area contributed by atoms with E-state index in [1.165, 1.54) is 0 Å². The van der Waals surface area contributed by atoms with Crippen LogP contribution in [0.25, 0.3) is 0 Å². The minimum absolute atomic E-state index is 0.0304. The molecule has 31 heavy (non-hydrogen) atoms. The number of aliphatic imine (C=N–C) groups is 1. The zero-order chi connectivity index (χ0) is 23.0. The number of carbonyl (C=O) groups excluding carboxylic acids is 1. The molecule has 1 aliphatic rings. The summed E-state index contributed by atoms with van der Waals surface area (Å²) in [5.41, 5.74) is 2.01. The molecule has 0 unspecified atom stereocenters. The van der Waals surface area contributed by atoms with E-state index >= 15 is 0 Å². The number of aromatic nitrogens is 1. The molecule has 2 aromatic rings. The highest BCUT2D eigenvalue weighted by Crippen LogP contribution is 2.41. The first kappa shape index (κ1) is 22.9. The predicted molar refractivity (Wildman–Crippen MR) is 98.5 cm³/mol. The number of ketones is 1. The molecule has 1 aromatic heterocycles. The van der Waals surface area contributed by atoms with Gasteiger partial charge in [0, 0.05) is 24.6 Å². The zero-order valence-electron chi connectivity index (χ0n) is 15.5. The van der Waals surface area contributed by atoms with Crippen LogP contribution in [0.5, 0.6) is 0 Å². The molecule has 12 heteroatoms. The molecule has 2 N–H and O–H groups in total. The molecule has 0 radical (unpaired) electrons. The number of amidine groups is 1. The number of pyridine rings is 1. The number of halogens is 7. The molecule has 0 saturated heterocycles. The summed E-state index contributed by atoms with van der Waals surface area (Å²) in [5, 5.41) is -0.0304. The van der Waals surface area contributed by atoms with E-state index in [4.69, 9.17) is 17.3 Å². The van der Waals surface area contributed by atoms with Crippen LogP contribution in [0.2, 0.25) is 5.02 Å². The summed E-state index contributed by atoms with van der Waals surface area (Å²) in [6.45, 7) is -1.51. The van der Waals surface area contributed by atoms with Gasteiger partial charge in [0.15, 0.2) is 17.7 Å². The van der Waals surface area contributed by atoms with Gasteiger partial charge in [0.05, 0.1) is 5.02 Å². The van der Waals surface area contributed by atoms with Crippen molar-refractivity contribution in [2.24, 2.45) is 10.7 Å². The Morgan fingerprint density at radius 3 is 2.58 bits per heavy atom. The second-order valence-electron chi connectivity index (χ2n) is 6.87. The summed E-state index contributed by atoms with van der Waals surface area (Å²) in [7, 11) is 0. The van der Waals surface area contributed by atoms with Gasteiger partial charge in [0.25, 0.3) is 6.02 Å². The van der Waals surface area contributed by atoms with Crippen molar-refractivity contribution in [3.05, 3.63) is 63.9 Å². The Bertz CT molecular complexity index is 1050. The van der Waals surface area contributed by atoms with Gasteiger partial charge in [-0.15, -0.1) is 0 Å². The van der Waals surface area contributed by atoms with Crippen molar-refractivity contribution in [1.82, 2.24) is 4.98 Å². The molecule has 1 aliphatic heterocycles. The molecule has 0 amide bonds. The van der Waals surface area contributed by atoms with Crippen molar-refractivity contribution >= 4 is 23.4 Å². The molecule has 0 spiro atoms. The van der Waals surface area contributed by atoms with Crippen LogP contribution in [0.1, 0.15) is 28.0 Å². The second kappa shape index (κ2) is 8.37. The number of alkyl halides is 4. The normalized spacial score (nSPS) is 21.4. The fourth-order valence-corrected chi connectivity index (χ4v) is 3.36. The molecule has 2 atom stereocenters. The number of benzene rings is 1. The van der Waals surface area contributed by atoms with Gasteiger partial charge in [0.1, 0.15) is 23.7 Å². The third-order valence-electron chi connectivity index (χ3n) is 4.67. The van der Waals surface area contributed by atoms with E-state index in [1.54, 1.807) is 0 Å². The van der Waals surface area contributed by atoms with Crippen molar-refractivity contribution in [2.75, 3.05) is 6.67 Å². The molecule has 0 aliphatic carbocycles. The minimum atomic E-state index is -4.90. The van der Waals surface area contributed by atoms with Gasteiger partial charge in [-0.3, -0.25) is 4.79 Å². The largest absolute Gasteiger partial charge is 0.452 e. The third kappa shape index (κ3) is 4.76. The van der Waals surface area contributed by atoms with Crippen LogP contribution in [-0.4, -0.2) is 35.7 Å². The van der Waals surface area contributed by atoms with Gasteiger partial charge >= 0.3 is 6.18 Å². The Hall–Kier alpha value is -2.82. The number of ether oxygens (including phenoxy) is 1. The summed E-state index contributed by atoms with van der Waals surface area (Å²) < 4.78 is 86.4. The van der Waals surface area contributed by atoms with Crippen molar-refractivity contribution in [1.29, 1.82) is 0 Å². The van der Waals surface area contributed by atoms with Crippen LogP contribution in [0.15, 0.2) is 35.5 Å². The van der Waals surface area contributed by atoms with Crippen LogP contribution in [-0.2, 0) is 16.7 Å². The van der Waals surface area contributed by atoms with E-state index in [9.17, 15) is 31.1 Å². The first-order chi connectivity index (χ1) is 14.4. The van der Waals surface area contributed by atoms with E-state index in [1.807, 2.05) is 0 Å². The molecule has 0 bridgehead atoms. The van der Waals surface area contributed by atoms with Crippen LogP contribution in [0.3, 0.4) is 0 Å². The second-order valence-corrected chi connectivity index (χ2v) is 7.30. The van der Waals surface area contributed by atoms with Crippen LogP contribution in [0.4, 0.5) is 26.3 Å². The number of carbonyl (C=O) groups is 1. The van der Waals surface area contributed by atoms with Gasteiger partial charge in [0.2, 0.25) is 0 Å². The number of Topliss-reactive ketones (excluding diaryl/α,β-unsaturated/α-hetero) is 1. The lowest BCUT2D eigenvalue weighted by Gasteiger charge is -2.36. The van der Waals surface area contributed by atoms with Crippen LogP contribution in [0, 0.1) is 11.6 Å². The SMILES string of the molecule is NC1=N[C@](CF)(c2cc(CC(=O)c3ncc(Cl)cc3F)ccc2F)C[C@@H](C(F)(F)F)O1. The summed E-state index contributed by atoms with van der Waals surface area (Å²) in [6.07, 6.45) is -7.89. The highest BCUT2D eigenvalue weighted by molar-refractivity contribution is 6.30. The Morgan fingerprint density at radius 2 is 1.97 bits per heavy atom. The molecular weight excluding hydrogens is 452 g/mol. The third-order valence-corrected chi connectivity index (χ3v) is 4.87. The summed E-state index contributed by atoms with van der Waals surface area (Å²) >= 11 is 5.59. The van der Waals surface area contributed by atoms with E-state index in [0.717, 1.165) is 30.5 Å².